The van der Waals surface area contributed by atoms with E-state index in [1.165, 1.54) is 17.2 Å². The number of nitrogens with zero attached hydrogens (tertiary/aromatic N) is 4. The third kappa shape index (κ3) is 7.11. The quantitative estimate of drug-likeness (QED) is 0.172. The molecule has 5 rings (SSSR count). The minimum absolute atomic E-state index is 0.114. The van der Waals surface area contributed by atoms with E-state index < -0.39 is 72.8 Å². The number of fused-ring (bicyclic) bond motifs is 2. The molecule has 2 fully saturated rings. The zero-order valence-corrected chi connectivity index (χ0v) is 23.8. The van der Waals surface area contributed by atoms with Crippen molar-refractivity contribution in [3.63, 3.8) is 0 Å². The molecule has 3 aromatic rings. The van der Waals surface area contributed by atoms with Crippen molar-refractivity contribution < 1.29 is 65.6 Å². The molecule has 4 heterocycles. The fraction of sp³-hybridized carbons (Fsp3) is 0.400. The van der Waals surface area contributed by atoms with E-state index in [1.807, 2.05) is 30.3 Å². The summed E-state index contributed by atoms with van der Waals surface area (Å²) in [6.45, 7) is -0.761. The Morgan fingerprint density at radius 1 is 0.976 bits per heavy atom. The number of imidazole rings is 1. The second-order valence-electron chi connectivity index (χ2n) is 9.05. The van der Waals surface area contributed by atoms with Gasteiger partial charge in [0.05, 0.1) is 12.9 Å². The van der Waals surface area contributed by atoms with Crippen molar-refractivity contribution in [3.05, 3.63) is 48.5 Å². The molecule has 42 heavy (non-hydrogen) atoms. The highest BCUT2D eigenvalue weighted by molar-refractivity contribution is 7.68. The van der Waals surface area contributed by atoms with Crippen LogP contribution in [0.3, 0.4) is 0 Å². The molecule has 0 radical (unpaired) electrons. The number of hydrogen-bond acceptors (Lipinski definition) is 14. The van der Waals surface area contributed by atoms with Crippen LogP contribution in [-0.4, -0.2) is 82.6 Å². The van der Waals surface area contributed by atoms with Gasteiger partial charge in [-0.05, 0) is 5.56 Å². The number of phosphoric acid groups is 2. The first-order valence-corrected chi connectivity index (χ1v) is 16.7. The van der Waals surface area contributed by atoms with Gasteiger partial charge in [-0.15, -0.1) is 0 Å². The number of benzene rings is 1. The molecule has 0 aliphatic carbocycles. The highest BCUT2D eigenvalue weighted by Crippen LogP contribution is 2.67. The van der Waals surface area contributed by atoms with Crippen LogP contribution >= 0.6 is 23.2 Å². The minimum Gasteiger partial charge on any atom is -0.481 e. The Morgan fingerprint density at radius 3 is 2.40 bits per heavy atom. The number of carboxylic acid groups (broad SMARTS) is 1. The van der Waals surface area contributed by atoms with Crippen LogP contribution < -0.4 is 5.73 Å². The SMILES string of the molecule is Nc1ncnc2c1ncn2C1OC(COP(=O)(O)OP(=O)(O)OP(=O)(O)CC(=O)O)C2OC(Cc3ccccc3)OC21. The summed E-state index contributed by atoms with van der Waals surface area (Å²) in [4.78, 5) is 52.1. The molecule has 2 saturated heterocycles. The number of carboxylic acids is 1. The zero-order valence-electron chi connectivity index (χ0n) is 21.1. The van der Waals surface area contributed by atoms with Crippen molar-refractivity contribution in [1.82, 2.24) is 19.5 Å². The van der Waals surface area contributed by atoms with E-state index in [-0.39, 0.29) is 11.3 Å². The van der Waals surface area contributed by atoms with Crippen LogP contribution in [0.15, 0.2) is 43.0 Å². The standard InChI is InChI=1S/C20H24N5O14P3/c21-18-15-19(23-9-22-18)25(10-24-15)20-17-16(36-14(37-17)6-11-4-2-1-3-5-11)12(35-20)7-34-41(30,31)39-42(32,33)38-40(28,29)8-13(26)27/h1-5,9-10,12,14,16-17,20H,6-8H2,(H,26,27)(H,28,29)(H,30,31)(H,32,33)(H2,21,22,23). The normalized spacial score (nSPS) is 28.1. The summed E-state index contributed by atoms with van der Waals surface area (Å²) in [5, 5.41) is 8.61. The number of rotatable bonds is 12. The summed E-state index contributed by atoms with van der Waals surface area (Å²) >= 11 is 0. The summed E-state index contributed by atoms with van der Waals surface area (Å²) in [6.07, 6.45) is -3.17. The van der Waals surface area contributed by atoms with E-state index in [0.717, 1.165) is 5.56 Å². The number of aliphatic carboxylic acids is 1. The average Bonchev–Trinajstić information content (AvgIpc) is 3.55. The molecule has 8 atom stereocenters. The number of hydrogen-bond donors (Lipinski definition) is 5. The van der Waals surface area contributed by atoms with Crippen molar-refractivity contribution in [2.45, 2.75) is 37.3 Å². The van der Waals surface area contributed by atoms with E-state index in [1.54, 1.807) is 0 Å². The van der Waals surface area contributed by atoms with Gasteiger partial charge in [-0.3, -0.25) is 18.5 Å². The van der Waals surface area contributed by atoms with Crippen LogP contribution in [0.25, 0.3) is 11.2 Å². The van der Waals surface area contributed by atoms with Crippen molar-refractivity contribution in [2.24, 2.45) is 0 Å². The Hall–Kier alpha value is -2.63. The Morgan fingerprint density at radius 2 is 1.69 bits per heavy atom. The predicted octanol–water partition coefficient (Wildman–Crippen LogP) is 1.18. The lowest BCUT2D eigenvalue weighted by Gasteiger charge is -2.22. The van der Waals surface area contributed by atoms with E-state index in [9.17, 15) is 33.2 Å². The number of nitrogen functional groups attached to an aromatic ring is 1. The van der Waals surface area contributed by atoms with Gasteiger partial charge in [0.1, 0.15) is 36.3 Å². The second kappa shape index (κ2) is 11.8. The topological polar surface area (TPSA) is 274 Å². The lowest BCUT2D eigenvalue weighted by molar-refractivity contribution is -0.149. The lowest BCUT2D eigenvalue weighted by Crippen LogP contribution is -2.31. The van der Waals surface area contributed by atoms with Crippen LogP contribution in [0.2, 0.25) is 0 Å². The molecule has 2 aliphatic rings. The van der Waals surface area contributed by atoms with E-state index in [0.29, 0.717) is 12.1 Å². The van der Waals surface area contributed by atoms with Crippen molar-refractivity contribution >= 4 is 46.2 Å². The third-order valence-corrected chi connectivity index (χ3v) is 10.6. The van der Waals surface area contributed by atoms with Gasteiger partial charge < -0.3 is 39.7 Å². The molecule has 0 amide bonds. The van der Waals surface area contributed by atoms with Crippen LogP contribution in [0.4, 0.5) is 5.82 Å². The summed E-state index contributed by atoms with van der Waals surface area (Å²) in [7, 11) is -16.4. The largest absolute Gasteiger partial charge is 0.488 e. The molecule has 0 spiro atoms. The lowest BCUT2D eigenvalue weighted by atomic mass is 10.1. The van der Waals surface area contributed by atoms with Crippen LogP contribution in [0, 0.1) is 0 Å². The fourth-order valence-corrected chi connectivity index (χ4v) is 8.23. The number of anilines is 1. The number of phosphoric ester groups is 1. The molecule has 2 aliphatic heterocycles. The highest BCUT2D eigenvalue weighted by Gasteiger charge is 2.54. The second-order valence-corrected chi connectivity index (χ2v) is 14.1. The zero-order chi connectivity index (χ0) is 30.3. The van der Waals surface area contributed by atoms with Gasteiger partial charge in [0.25, 0.3) is 0 Å². The van der Waals surface area contributed by atoms with Gasteiger partial charge in [-0.2, -0.15) is 4.31 Å². The highest BCUT2D eigenvalue weighted by atomic mass is 31.3. The molecule has 0 bridgehead atoms. The summed E-state index contributed by atoms with van der Waals surface area (Å²) < 4.78 is 68.7. The summed E-state index contributed by atoms with van der Waals surface area (Å²) in [5.74, 6) is -1.72. The van der Waals surface area contributed by atoms with Crippen LogP contribution in [0.5, 0.6) is 0 Å². The predicted molar refractivity (Wildman–Crippen MR) is 137 cm³/mol. The molecule has 0 saturated carbocycles. The van der Waals surface area contributed by atoms with Crippen LogP contribution in [0.1, 0.15) is 11.8 Å². The van der Waals surface area contributed by atoms with Gasteiger partial charge in [0.15, 0.2) is 24.0 Å². The smallest absolute Gasteiger partial charge is 0.481 e. The first-order chi connectivity index (χ1) is 19.7. The van der Waals surface area contributed by atoms with Crippen molar-refractivity contribution in [3.8, 4) is 0 Å². The maximum atomic E-state index is 12.5. The summed E-state index contributed by atoms with van der Waals surface area (Å²) in [5.41, 5.74) is 7.37. The average molecular weight is 651 g/mol. The Bertz CT molecular complexity index is 1610. The van der Waals surface area contributed by atoms with Crippen molar-refractivity contribution in [2.75, 3.05) is 18.5 Å². The molecule has 6 N–H and O–H groups in total. The molecule has 22 heteroatoms. The molecular weight excluding hydrogens is 627 g/mol. The maximum absolute atomic E-state index is 12.5. The van der Waals surface area contributed by atoms with E-state index in [2.05, 4.69) is 23.6 Å². The molecule has 2 aromatic heterocycles. The van der Waals surface area contributed by atoms with Gasteiger partial charge in [0, 0.05) is 6.42 Å². The first kappa shape index (κ1) is 30.8. The molecule has 1 aromatic carbocycles. The monoisotopic (exact) mass is 651 g/mol. The number of aromatic nitrogens is 4. The molecular formula is C20H24N5O14P3. The van der Waals surface area contributed by atoms with Gasteiger partial charge in [0.2, 0.25) is 0 Å². The Balaban J connectivity index is 1.32. The van der Waals surface area contributed by atoms with E-state index in [4.69, 9.17) is 29.6 Å². The minimum atomic E-state index is -5.76. The van der Waals surface area contributed by atoms with Gasteiger partial charge >= 0.3 is 29.2 Å². The molecule has 8 unspecified atom stereocenters. The molecule has 228 valence electrons. The number of carbonyl (C=O) groups is 1. The number of nitrogens with two attached hydrogens (primary N) is 1. The van der Waals surface area contributed by atoms with Gasteiger partial charge in [-0.1, -0.05) is 30.3 Å². The fourth-order valence-electron chi connectivity index (χ4n) is 4.41. The Labute approximate surface area is 235 Å². The number of ether oxygens (including phenoxy) is 3. The first-order valence-electron chi connectivity index (χ1n) is 11.9. The van der Waals surface area contributed by atoms with E-state index >= 15 is 0 Å². The van der Waals surface area contributed by atoms with Crippen molar-refractivity contribution in [1.29, 1.82) is 0 Å². The Kier molecular flexibility index (Phi) is 8.66. The summed E-state index contributed by atoms with van der Waals surface area (Å²) in [6, 6.07) is 9.27. The molecule has 19 nitrogen and oxygen atoms in total. The third-order valence-electron chi connectivity index (χ3n) is 5.98. The maximum Gasteiger partial charge on any atom is 0.488 e. The van der Waals surface area contributed by atoms with Crippen LogP contribution in [-0.2, 0) is 52.3 Å². The van der Waals surface area contributed by atoms with Gasteiger partial charge in [-0.25, -0.2) is 28.4 Å².